The van der Waals surface area contributed by atoms with Crippen molar-refractivity contribution in [2.45, 2.75) is 18.4 Å². The number of primary sulfonamides is 1. The van der Waals surface area contributed by atoms with Gasteiger partial charge in [0.15, 0.2) is 0 Å². The quantitative estimate of drug-likeness (QED) is 0.863. The highest BCUT2D eigenvalue weighted by molar-refractivity contribution is 9.10. The van der Waals surface area contributed by atoms with Crippen molar-refractivity contribution in [1.82, 2.24) is 5.32 Å². The average molecular weight is 307 g/mol. The van der Waals surface area contributed by atoms with Gasteiger partial charge < -0.3 is 5.32 Å². The molecular formula is C9H11BrN2O3S. The van der Waals surface area contributed by atoms with Gasteiger partial charge in [0.25, 0.3) is 0 Å². The molecule has 0 heterocycles. The van der Waals surface area contributed by atoms with Crippen LogP contribution in [-0.2, 0) is 21.4 Å². The number of hydrogen-bond donors (Lipinski definition) is 2. The summed E-state index contributed by atoms with van der Waals surface area (Å²) < 4.78 is 23.2. The highest BCUT2D eigenvalue weighted by Gasteiger charge is 2.14. The number of sulfonamides is 1. The molecule has 0 radical (unpaired) electrons. The van der Waals surface area contributed by atoms with Crippen molar-refractivity contribution in [3.05, 3.63) is 28.2 Å². The summed E-state index contributed by atoms with van der Waals surface area (Å²) in [6.07, 6.45) is 0. The molecule has 3 N–H and O–H groups in total. The first kappa shape index (κ1) is 13.1. The summed E-state index contributed by atoms with van der Waals surface area (Å²) in [5.41, 5.74) is 0.459. The van der Waals surface area contributed by atoms with Gasteiger partial charge in [0.1, 0.15) is 0 Å². The van der Waals surface area contributed by atoms with Crippen molar-refractivity contribution in [2.24, 2.45) is 5.14 Å². The maximum Gasteiger partial charge on any atom is 0.238 e. The van der Waals surface area contributed by atoms with E-state index in [-0.39, 0.29) is 17.3 Å². The van der Waals surface area contributed by atoms with Gasteiger partial charge in [0, 0.05) is 17.9 Å². The fraction of sp³-hybridized carbons (Fsp3) is 0.222. The van der Waals surface area contributed by atoms with E-state index >= 15 is 0 Å². The number of amides is 1. The Morgan fingerprint density at radius 2 is 2.12 bits per heavy atom. The van der Waals surface area contributed by atoms with E-state index in [1.54, 1.807) is 12.1 Å². The fourth-order valence-electron chi connectivity index (χ4n) is 1.16. The Morgan fingerprint density at radius 1 is 1.50 bits per heavy atom. The predicted molar refractivity (Wildman–Crippen MR) is 63.0 cm³/mol. The summed E-state index contributed by atoms with van der Waals surface area (Å²) in [6.45, 7) is 1.49. The fourth-order valence-corrected chi connectivity index (χ4v) is 2.47. The molecule has 1 amide bonds. The number of rotatable bonds is 3. The first-order valence-electron chi connectivity index (χ1n) is 4.36. The van der Waals surface area contributed by atoms with E-state index in [0.29, 0.717) is 10.0 Å². The first-order valence-corrected chi connectivity index (χ1v) is 6.70. The van der Waals surface area contributed by atoms with Gasteiger partial charge >= 0.3 is 0 Å². The Balaban J connectivity index is 3.13. The van der Waals surface area contributed by atoms with E-state index in [1.807, 2.05) is 0 Å². The Labute approximate surface area is 102 Å². The van der Waals surface area contributed by atoms with Crippen LogP contribution in [0, 0.1) is 0 Å². The first-order chi connectivity index (χ1) is 7.30. The topological polar surface area (TPSA) is 89.3 Å². The molecule has 1 aromatic rings. The molecule has 1 rings (SSSR count). The van der Waals surface area contributed by atoms with Crippen LogP contribution in [0.25, 0.3) is 0 Å². The summed E-state index contributed by atoms with van der Waals surface area (Å²) in [5, 5.41) is 7.59. The third-order valence-electron chi connectivity index (χ3n) is 1.86. The van der Waals surface area contributed by atoms with E-state index in [2.05, 4.69) is 21.2 Å². The van der Waals surface area contributed by atoms with Gasteiger partial charge in [0.2, 0.25) is 15.9 Å². The monoisotopic (exact) mass is 306 g/mol. The van der Waals surface area contributed by atoms with Gasteiger partial charge in [-0.25, -0.2) is 13.6 Å². The van der Waals surface area contributed by atoms with E-state index in [1.165, 1.54) is 13.0 Å². The average Bonchev–Trinajstić information content (AvgIpc) is 2.14. The van der Waals surface area contributed by atoms with E-state index < -0.39 is 10.0 Å². The van der Waals surface area contributed by atoms with E-state index in [0.717, 1.165) is 0 Å². The van der Waals surface area contributed by atoms with Gasteiger partial charge in [0.05, 0.1) is 4.90 Å². The normalized spacial score (nSPS) is 11.2. The molecule has 0 aliphatic carbocycles. The number of nitrogens with two attached hydrogens (primary N) is 1. The molecule has 0 spiro atoms. The molecule has 0 saturated heterocycles. The third kappa shape index (κ3) is 3.58. The van der Waals surface area contributed by atoms with Gasteiger partial charge in [-0.05, 0) is 17.7 Å². The molecule has 0 unspecified atom stereocenters. The predicted octanol–water partition coefficient (Wildman–Crippen LogP) is 0.733. The zero-order valence-electron chi connectivity index (χ0n) is 8.53. The number of halogens is 1. The molecule has 0 aromatic heterocycles. The SMILES string of the molecule is CC(=O)NCc1ccc(Br)cc1S(N)(=O)=O. The number of benzene rings is 1. The molecule has 0 aliphatic rings. The maximum atomic E-state index is 11.3. The second-order valence-corrected chi connectivity index (χ2v) is 5.65. The van der Waals surface area contributed by atoms with Gasteiger partial charge in [-0.2, -0.15) is 0 Å². The molecule has 0 fully saturated rings. The van der Waals surface area contributed by atoms with Gasteiger partial charge in [-0.1, -0.05) is 22.0 Å². The van der Waals surface area contributed by atoms with Crippen LogP contribution < -0.4 is 10.5 Å². The molecule has 5 nitrogen and oxygen atoms in total. The van der Waals surface area contributed by atoms with Crippen LogP contribution in [0.3, 0.4) is 0 Å². The second kappa shape index (κ2) is 4.94. The van der Waals surface area contributed by atoms with E-state index in [4.69, 9.17) is 5.14 Å². The van der Waals surface area contributed by atoms with Crippen LogP contribution in [0.2, 0.25) is 0 Å². The van der Waals surface area contributed by atoms with Gasteiger partial charge in [-0.3, -0.25) is 4.79 Å². The molecule has 0 saturated carbocycles. The van der Waals surface area contributed by atoms with Crippen LogP contribution in [-0.4, -0.2) is 14.3 Å². The molecule has 16 heavy (non-hydrogen) atoms. The minimum absolute atomic E-state index is 0.00984. The standard InChI is InChI=1S/C9H11BrN2O3S/c1-6(13)12-5-7-2-3-8(10)4-9(7)16(11,14)15/h2-4H,5H2,1H3,(H,12,13)(H2,11,14,15). The lowest BCUT2D eigenvalue weighted by Crippen LogP contribution is -2.22. The lowest BCUT2D eigenvalue weighted by atomic mass is 10.2. The number of carbonyl (C=O) groups excluding carboxylic acids is 1. The zero-order valence-corrected chi connectivity index (χ0v) is 10.9. The highest BCUT2D eigenvalue weighted by atomic mass is 79.9. The minimum Gasteiger partial charge on any atom is -0.352 e. The van der Waals surface area contributed by atoms with Crippen LogP contribution in [0.5, 0.6) is 0 Å². The Kier molecular flexibility index (Phi) is 4.06. The van der Waals surface area contributed by atoms with Crippen LogP contribution in [0.15, 0.2) is 27.6 Å². The molecule has 88 valence electrons. The summed E-state index contributed by atoms with van der Waals surface area (Å²) in [5.74, 6) is -0.233. The molecule has 0 bridgehead atoms. The lowest BCUT2D eigenvalue weighted by Gasteiger charge is -2.08. The van der Waals surface area contributed by atoms with Gasteiger partial charge in [-0.15, -0.1) is 0 Å². The smallest absolute Gasteiger partial charge is 0.238 e. The van der Waals surface area contributed by atoms with Crippen LogP contribution in [0.4, 0.5) is 0 Å². The van der Waals surface area contributed by atoms with Crippen molar-refractivity contribution in [3.63, 3.8) is 0 Å². The van der Waals surface area contributed by atoms with Crippen molar-refractivity contribution in [1.29, 1.82) is 0 Å². The maximum absolute atomic E-state index is 11.3. The van der Waals surface area contributed by atoms with Crippen molar-refractivity contribution >= 4 is 31.9 Å². The lowest BCUT2D eigenvalue weighted by molar-refractivity contribution is -0.119. The Hall–Kier alpha value is -0.920. The van der Waals surface area contributed by atoms with Crippen molar-refractivity contribution < 1.29 is 13.2 Å². The summed E-state index contributed by atoms with van der Waals surface area (Å²) >= 11 is 3.16. The largest absolute Gasteiger partial charge is 0.352 e. The Bertz CT molecular complexity index is 513. The van der Waals surface area contributed by atoms with Crippen molar-refractivity contribution in [2.75, 3.05) is 0 Å². The third-order valence-corrected chi connectivity index (χ3v) is 3.35. The number of nitrogens with one attached hydrogen (secondary N) is 1. The molecular weight excluding hydrogens is 296 g/mol. The summed E-state index contributed by atoms with van der Waals surface area (Å²) in [4.78, 5) is 10.8. The molecule has 0 atom stereocenters. The highest BCUT2D eigenvalue weighted by Crippen LogP contribution is 2.20. The minimum atomic E-state index is -3.79. The molecule has 7 heteroatoms. The molecule has 0 aliphatic heterocycles. The second-order valence-electron chi connectivity index (χ2n) is 3.21. The number of carbonyl (C=O) groups is 1. The summed E-state index contributed by atoms with van der Waals surface area (Å²) in [7, 11) is -3.79. The number of hydrogen-bond acceptors (Lipinski definition) is 3. The van der Waals surface area contributed by atoms with Crippen LogP contribution in [0.1, 0.15) is 12.5 Å². The Morgan fingerprint density at radius 3 is 2.62 bits per heavy atom. The van der Waals surface area contributed by atoms with E-state index in [9.17, 15) is 13.2 Å². The van der Waals surface area contributed by atoms with Crippen molar-refractivity contribution in [3.8, 4) is 0 Å². The molecule has 1 aromatic carbocycles. The zero-order chi connectivity index (χ0) is 12.3. The summed E-state index contributed by atoms with van der Waals surface area (Å²) in [6, 6.07) is 4.69. The van der Waals surface area contributed by atoms with Crippen LogP contribution >= 0.6 is 15.9 Å².